The van der Waals surface area contributed by atoms with Crippen molar-refractivity contribution < 1.29 is 9.53 Å². The summed E-state index contributed by atoms with van der Waals surface area (Å²) in [6.45, 7) is 2.29. The molecule has 0 amide bonds. The van der Waals surface area contributed by atoms with Gasteiger partial charge in [-0.05, 0) is 50.5 Å². The van der Waals surface area contributed by atoms with E-state index in [1.165, 1.54) is 16.6 Å². The van der Waals surface area contributed by atoms with Gasteiger partial charge in [0.1, 0.15) is 0 Å². The Labute approximate surface area is 142 Å². The van der Waals surface area contributed by atoms with Crippen LogP contribution in [0.1, 0.15) is 31.9 Å². The van der Waals surface area contributed by atoms with Gasteiger partial charge >= 0.3 is 5.97 Å². The Morgan fingerprint density at radius 2 is 2.04 bits per heavy atom. The minimum atomic E-state index is -0.106. The number of aryl methyl sites for hydroxylation is 1. The van der Waals surface area contributed by atoms with Gasteiger partial charge in [-0.1, -0.05) is 18.2 Å². The van der Waals surface area contributed by atoms with E-state index in [1.54, 1.807) is 6.20 Å². The van der Waals surface area contributed by atoms with E-state index in [0.29, 0.717) is 13.0 Å². The van der Waals surface area contributed by atoms with Crippen LogP contribution in [-0.2, 0) is 16.0 Å². The molecule has 0 saturated carbocycles. The molecular weight excluding hydrogens is 300 g/mol. The molecular formula is C20H22N2O2. The number of unbranched alkanes of at least 4 members (excludes halogenated alkanes) is 1. The van der Waals surface area contributed by atoms with Crippen molar-refractivity contribution in [3.05, 3.63) is 60.6 Å². The number of pyridine rings is 1. The molecule has 0 unspecified atom stereocenters. The van der Waals surface area contributed by atoms with E-state index >= 15 is 0 Å². The number of fused-ring (bicyclic) bond motifs is 1. The second kappa shape index (κ2) is 7.77. The van der Waals surface area contributed by atoms with Crippen LogP contribution in [0, 0.1) is 0 Å². The molecule has 3 aromatic rings. The fourth-order valence-electron chi connectivity index (χ4n) is 3.00. The molecule has 3 rings (SSSR count). The molecule has 4 heteroatoms. The van der Waals surface area contributed by atoms with Gasteiger partial charge in [-0.2, -0.15) is 0 Å². The lowest BCUT2D eigenvalue weighted by atomic mass is 10.1. The molecule has 0 saturated heterocycles. The van der Waals surface area contributed by atoms with Crippen LogP contribution in [0.4, 0.5) is 0 Å². The second-order valence-electron chi connectivity index (χ2n) is 5.75. The van der Waals surface area contributed by atoms with E-state index in [1.807, 2.05) is 19.2 Å². The second-order valence-corrected chi connectivity index (χ2v) is 5.75. The van der Waals surface area contributed by atoms with Crippen molar-refractivity contribution >= 4 is 16.9 Å². The van der Waals surface area contributed by atoms with Crippen molar-refractivity contribution in [1.29, 1.82) is 0 Å². The lowest BCUT2D eigenvalue weighted by Gasteiger charge is -2.10. The summed E-state index contributed by atoms with van der Waals surface area (Å²) < 4.78 is 7.24. The van der Waals surface area contributed by atoms with E-state index in [4.69, 9.17) is 4.74 Å². The van der Waals surface area contributed by atoms with Crippen molar-refractivity contribution in [3.8, 4) is 5.69 Å². The van der Waals surface area contributed by atoms with Crippen LogP contribution in [0.2, 0.25) is 0 Å². The number of carbonyl (C=O) groups excluding carboxylic acids is 1. The number of ether oxygens (including phenoxy) is 1. The molecule has 4 nitrogen and oxygen atoms in total. The summed E-state index contributed by atoms with van der Waals surface area (Å²) in [5, 5.41) is 1.22. The third-order valence-corrected chi connectivity index (χ3v) is 4.06. The first-order valence-corrected chi connectivity index (χ1v) is 8.45. The number of esters is 1. The lowest BCUT2D eigenvalue weighted by Crippen LogP contribution is -2.04. The SMILES string of the molecule is CCOC(=O)CCCCc1cc2ccccc2n1-c1cccnc1. The molecule has 0 atom stereocenters. The number of rotatable bonds is 7. The van der Waals surface area contributed by atoms with Gasteiger partial charge in [-0.3, -0.25) is 9.78 Å². The van der Waals surface area contributed by atoms with Gasteiger partial charge < -0.3 is 9.30 Å². The zero-order valence-corrected chi connectivity index (χ0v) is 13.9. The Bertz CT molecular complexity index is 809. The van der Waals surface area contributed by atoms with Crippen LogP contribution < -0.4 is 0 Å². The van der Waals surface area contributed by atoms with E-state index in [2.05, 4.69) is 45.9 Å². The Balaban J connectivity index is 1.79. The lowest BCUT2D eigenvalue weighted by molar-refractivity contribution is -0.143. The minimum absolute atomic E-state index is 0.106. The molecule has 24 heavy (non-hydrogen) atoms. The molecule has 0 aliphatic heterocycles. The molecule has 0 aliphatic rings. The highest BCUT2D eigenvalue weighted by molar-refractivity contribution is 5.83. The number of aromatic nitrogens is 2. The van der Waals surface area contributed by atoms with E-state index in [-0.39, 0.29) is 5.97 Å². The summed E-state index contributed by atoms with van der Waals surface area (Å²) in [6, 6.07) is 14.6. The zero-order valence-electron chi connectivity index (χ0n) is 13.9. The average Bonchev–Trinajstić information content (AvgIpc) is 2.98. The molecule has 1 aromatic carbocycles. The number of carbonyl (C=O) groups is 1. The summed E-state index contributed by atoms with van der Waals surface area (Å²) in [7, 11) is 0. The average molecular weight is 322 g/mol. The zero-order chi connectivity index (χ0) is 16.8. The molecule has 0 fully saturated rings. The minimum Gasteiger partial charge on any atom is -0.466 e. The van der Waals surface area contributed by atoms with Gasteiger partial charge in [0.15, 0.2) is 0 Å². The highest BCUT2D eigenvalue weighted by Crippen LogP contribution is 2.25. The van der Waals surface area contributed by atoms with Crippen LogP contribution in [-0.4, -0.2) is 22.1 Å². The first kappa shape index (κ1) is 16.2. The topological polar surface area (TPSA) is 44.1 Å². The largest absolute Gasteiger partial charge is 0.466 e. The summed E-state index contributed by atoms with van der Waals surface area (Å²) in [5.74, 6) is -0.106. The van der Waals surface area contributed by atoms with Gasteiger partial charge in [0, 0.05) is 23.7 Å². The Morgan fingerprint density at radius 1 is 1.17 bits per heavy atom. The molecule has 0 spiro atoms. The fourth-order valence-corrected chi connectivity index (χ4v) is 3.00. The summed E-state index contributed by atoms with van der Waals surface area (Å²) >= 11 is 0. The maximum absolute atomic E-state index is 11.4. The van der Waals surface area contributed by atoms with Crippen LogP contribution in [0.15, 0.2) is 54.9 Å². The van der Waals surface area contributed by atoms with Gasteiger partial charge in [-0.15, -0.1) is 0 Å². The molecule has 0 bridgehead atoms. The monoisotopic (exact) mass is 322 g/mol. The fraction of sp³-hybridized carbons (Fsp3) is 0.300. The smallest absolute Gasteiger partial charge is 0.305 e. The van der Waals surface area contributed by atoms with Crippen LogP contribution >= 0.6 is 0 Å². The van der Waals surface area contributed by atoms with Gasteiger partial charge in [0.05, 0.1) is 24.0 Å². The molecule has 2 aromatic heterocycles. The molecule has 124 valence electrons. The predicted octanol–water partition coefficient (Wildman–Crippen LogP) is 4.30. The molecule has 0 aliphatic carbocycles. The standard InChI is InChI=1S/C20H22N2O2/c1-2-24-20(23)12-6-4-9-17-14-16-8-3-5-11-19(16)22(17)18-10-7-13-21-15-18/h3,5,7-8,10-11,13-15H,2,4,6,9,12H2,1H3. The molecule has 0 N–H and O–H groups in total. The van der Waals surface area contributed by atoms with E-state index in [9.17, 15) is 4.79 Å². The number of para-hydroxylation sites is 1. The third kappa shape index (κ3) is 3.65. The van der Waals surface area contributed by atoms with Crippen molar-refractivity contribution in [2.45, 2.75) is 32.6 Å². The number of benzene rings is 1. The Kier molecular flexibility index (Phi) is 5.26. The van der Waals surface area contributed by atoms with Gasteiger partial charge in [0.2, 0.25) is 0 Å². The first-order valence-electron chi connectivity index (χ1n) is 8.45. The molecule has 2 heterocycles. The number of nitrogens with zero attached hydrogens (tertiary/aromatic N) is 2. The van der Waals surface area contributed by atoms with Gasteiger partial charge in [0.25, 0.3) is 0 Å². The van der Waals surface area contributed by atoms with Crippen LogP contribution in [0.25, 0.3) is 16.6 Å². The van der Waals surface area contributed by atoms with Crippen LogP contribution in [0.5, 0.6) is 0 Å². The Morgan fingerprint density at radius 3 is 2.83 bits per heavy atom. The maximum Gasteiger partial charge on any atom is 0.305 e. The summed E-state index contributed by atoms with van der Waals surface area (Å²) in [6.07, 6.45) is 6.87. The quantitative estimate of drug-likeness (QED) is 0.481. The highest BCUT2D eigenvalue weighted by Gasteiger charge is 2.10. The predicted molar refractivity (Wildman–Crippen MR) is 95.3 cm³/mol. The third-order valence-electron chi connectivity index (χ3n) is 4.06. The number of hydrogen-bond acceptors (Lipinski definition) is 3. The van der Waals surface area contributed by atoms with Crippen LogP contribution in [0.3, 0.4) is 0 Å². The van der Waals surface area contributed by atoms with Crippen molar-refractivity contribution in [2.75, 3.05) is 6.61 Å². The van der Waals surface area contributed by atoms with Crippen molar-refractivity contribution in [3.63, 3.8) is 0 Å². The van der Waals surface area contributed by atoms with E-state index in [0.717, 1.165) is 24.9 Å². The highest BCUT2D eigenvalue weighted by atomic mass is 16.5. The summed E-state index contributed by atoms with van der Waals surface area (Å²) in [5.41, 5.74) is 3.50. The van der Waals surface area contributed by atoms with Crippen molar-refractivity contribution in [1.82, 2.24) is 9.55 Å². The number of hydrogen-bond donors (Lipinski definition) is 0. The normalized spacial score (nSPS) is 10.9. The first-order chi connectivity index (χ1) is 11.8. The van der Waals surface area contributed by atoms with Gasteiger partial charge in [-0.25, -0.2) is 0 Å². The van der Waals surface area contributed by atoms with E-state index < -0.39 is 0 Å². The maximum atomic E-state index is 11.4. The summed E-state index contributed by atoms with van der Waals surface area (Å²) in [4.78, 5) is 15.7. The molecule has 0 radical (unpaired) electrons. The Hall–Kier alpha value is -2.62. The van der Waals surface area contributed by atoms with Crippen molar-refractivity contribution in [2.24, 2.45) is 0 Å².